The predicted molar refractivity (Wildman–Crippen MR) is 154 cm³/mol. The molecule has 2 fully saturated rings. The zero-order valence-electron chi connectivity index (χ0n) is 17.2. The summed E-state index contributed by atoms with van der Waals surface area (Å²) in [6.07, 6.45) is 3.93. The van der Waals surface area contributed by atoms with Crippen LogP contribution >= 0.6 is 94.1 Å². The van der Waals surface area contributed by atoms with Gasteiger partial charge in [0, 0.05) is 38.6 Å². The van der Waals surface area contributed by atoms with Gasteiger partial charge >= 0.3 is 0 Å². The Hall–Kier alpha value is 1.62. The van der Waals surface area contributed by atoms with Crippen LogP contribution in [0, 0.1) is 0 Å². The summed E-state index contributed by atoms with van der Waals surface area (Å²) in [6, 6.07) is 0. The van der Waals surface area contributed by atoms with Gasteiger partial charge in [-0.1, -0.05) is 36.7 Å². The van der Waals surface area contributed by atoms with Gasteiger partial charge in [0.25, 0.3) is 0 Å². The molecule has 0 radical (unpaired) electrons. The van der Waals surface area contributed by atoms with Crippen molar-refractivity contribution in [2.24, 2.45) is 0 Å². The maximum Gasteiger partial charge on any atom is 0.214 e. The Morgan fingerprint density at radius 2 is 1.50 bits per heavy atom. The lowest BCUT2D eigenvalue weighted by Gasteiger charge is -2.11. The average molecular weight is 559 g/mol. The molecule has 4 unspecified atom stereocenters. The molecule has 0 aromatic heterocycles. The van der Waals surface area contributed by atoms with Crippen molar-refractivity contribution < 1.29 is 9.59 Å². The smallest absolute Gasteiger partial charge is 0.214 e. The van der Waals surface area contributed by atoms with E-state index in [1.807, 2.05) is 0 Å². The zero-order valence-corrected chi connectivity index (χ0v) is 23.8. The van der Waals surface area contributed by atoms with Crippen molar-refractivity contribution in [2.45, 2.75) is 39.4 Å². The third kappa shape index (κ3) is 11.7. The summed E-state index contributed by atoms with van der Waals surface area (Å²) in [5.74, 6) is 6.64. The molecule has 0 saturated carbocycles. The van der Waals surface area contributed by atoms with Crippen molar-refractivity contribution in [1.82, 2.24) is 0 Å². The van der Waals surface area contributed by atoms with Crippen LogP contribution in [0.15, 0.2) is 24.8 Å². The number of hydrogen-bond donors (Lipinski definition) is 0. The van der Waals surface area contributed by atoms with E-state index >= 15 is 0 Å². The van der Waals surface area contributed by atoms with E-state index < -0.39 is 0 Å². The molecule has 2 heterocycles. The molecule has 2 saturated heterocycles. The van der Waals surface area contributed by atoms with Crippen LogP contribution in [0.4, 0.5) is 0 Å². The Morgan fingerprint density at radius 1 is 0.967 bits per heavy atom. The van der Waals surface area contributed by atoms with Gasteiger partial charge in [0.15, 0.2) is 0 Å². The summed E-state index contributed by atoms with van der Waals surface area (Å²) in [5, 5.41) is 2.63. The lowest BCUT2D eigenvalue weighted by Crippen LogP contribution is -2.08. The number of rotatable bonds is 14. The third-order valence-corrected chi connectivity index (χ3v) is 15.9. The molecule has 0 N–H and O–H groups in total. The fraction of sp³-hybridized carbons (Fsp3) is 0.700. The average Bonchev–Trinajstić information content (AvgIpc) is 3.38. The highest BCUT2D eigenvalue weighted by Crippen LogP contribution is 2.43. The Labute approximate surface area is 216 Å². The summed E-state index contributed by atoms with van der Waals surface area (Å²) in [7, 11) is 0. The molecular formula is C20H30O2S8. The number of carbonyl (C=O) groups is 2. The van der Waals surface area contributed by atoms with Crippen molar-refractivity contribution in [3.05, 3.63) is 24.8 Å². The van der Waals surface area contributed by atoms with E-state index in [1.54, 1.807) is 6.92 Å². The van der Waals surface area contributed by atoms with E-state index in [2.05, 4.69) is 83.7 Å². The Kier molecular flexibility index (Phi) is 15.1. The van der Waals surface area contributed by atoms with E-state index in [-0.39, 0.29) is 10.2 Å². The highest BCUT2D eigenvalue weighted by atomic mass is 32.2. The molecule has 2 rings (SSSR count). The number of thioether (sulfide) groups is 8. The minimum Gasteiger partial charge on any atom is -0.282 e. The molecule has 0 aromatic carbocycles. The van der Waals surface area contributed by atoms with Crippen molar-refractivity contribution >= 4 is 104 Å². The molecule has 2 aliphatic heterocycles. The van der Waals surface area contributed by atoms with Crippen molar-refractivity contribution in [3.8, 4) is 0 Å². The van der Waals surface area contributed by atoms with Gasteiger partial charge in [-0.3, -0.25) is 9.59 Å². The Morgan fingerprint density at radius 3 is 2.00 bits per heavy atom. The van der Waals surface area contributed by atoms with E-state index in [1.165, 1.54) is 70.5 Å². The molecule has 4 atom stereocenters. The monoisotopic (exact) mass is 558 g/mol. The number of carbonyl (C=O) groups excluding carboxylic acids is 2. The van der Waals surface area contributed by atoms with Crippen LogP contribution in [0.1, 0.15) is 19.8 Å². The highest BCUT2D eigenvalue weighted by molar-refractivity contribution is 8.22. The van der Waals surface area contributed by atoms with Gasteiger partial charge in [-0.05, 0) is 42.9 Å². The van der Waals surface area contributed by atoms with Crippen LogP contribution in [0.5, 0.6) is 0 Å². The van der Waals surface area contributed by atoms with Crippen LogP contribution in [-0.2, 0) is 9.59 Å². The molecular weight excluding hydrogens is 529 g/mol. The summed E-state index contributed by atoms with van der Waals surface area (Å²) in [5.41, 5.74) is 0.657. The van der Waals surface area contributed by atoms with Crippen LogP contribution in [0.3, 0.4) is 0 Å². The minimum atomic E-state index is 0.0957. The standard InChI is InChI=1S/C20H30O2S8/c1-4-17(21)25-9-15-10-26-18(29-15)5-7-23-13-24-8-6-19-27-11-16(30-19)12-28-20(22)14(2)3/h4,15-16,18-19H,1-2,5-13H2,3H3. The second-order valence-corrected chi connectivity index (χ2v) is 17.4. The molecule has 0 amide bonds. The van der Waals surface area contributed by atoms with E-state index in [9.17, 15) is 9.59 Å². The van der Waals surface area contributed by atoms with E-state index in [0.29, 0.717) is 25.2 Å². The van der Waals surface area contributed by atoms with Gasteiger partial charge < -0.3 is 0 Å². The van der Waals surface area contributed by atoms with Gasteiger partial charge in [-0.15, -0.1) is 47.0 Å². The van der Waals surface area contributed by atoms with Crippen molar-refractivity contribution in [3.63, 3.8) is 0 Å². The van der Waals surface area contributed by atoms with Crippen LogP contribution in [0.2, 0.25) is 0 Å². The molecule has 2 aliphatic rings. The molecule has 10 heteroatoms. The first-order chi connectivity index (χ1) is 14.5. The largest absolute Gasteiger partial charge is 0.282 e. The number of hydrogen-bond acceptors (Lipinski definition) is 10. The quantitative estimate of drug-likeness (QED) is 0.129. The van der Waals surface area contributed by atoms with E-state index in [0.717, 1.165) is 11.5 Å². The van der Waals surface area contributed by atoms with Crippen LogP contribution < -0.4 is 0 Å². The Balaban J connectivity index is 1.41. The topological polar surface area (TPSA) is 34.1 Å². The first kappa shape index (κ1) is 27.9. The summed E-state index contributed by atoms with van der Waals surface area (Å²) >= 11 is 15.2. The lowest BCUT2D eigenvalue weighted by molar-refractivity contribution is -0.108. The van der Waals surface area contributed by atoms with Crippen LogP contribution in [-0.4, -0.2) is 69.5 Å². The normalized spacial score (nSPS) is 26.0. The fourth-order valence-corrected chi connectivity index (χ4v) is 14.2. The van der Waals surface area contributed by atoms with Crippen molar-refractivity contribution in [1.29, 1.82) is 0 Å². The Bertz CT molecular complexity index is 585. The second kappa shape index (κ2) is 16.3. The molecule has 30 heavy (non-hydrogen) atoms. The van der Waals surface area contributed by atoms with Crippen molar-refractivity contribution in [2.75, 3.05) is 39.6 Å². The minimum absolute atomic E-state index is 0.0957. The summed E-state index contributed by atoms with van der Waals surface area (Å²) in [4.78, 5) is 23.0. The first-order valence-electron chi connectivity index (χ1n) is 9.79. The van der Waals surface area contributed by atoms with Crippen LogP contribution in [0.25, 0.3) is 0 Å². The lowest BCUT2D eigenvalue weighted by atomic mass is 10.4. The molecule has 2 nitrogen and oxygen atoms in total. The van der Waals surface area contributed by atoms with Gasteiger partial charge in [-0.2, -0.15) is 23.5 Å². The molecule has 0 bridgehead atoms. The maximum absolute atomic E-state index is 11.7. The van der Waals surface area contributed by atoms with E-state index in [4.69, 9.17) is 0 Å². The summed E-state index contributed by atoms with van der Waals surface area (Å²) < 4.78 is 1.40. The summed E-state index contributed by atoms with van der Waals surface area (Å²) in [6.45, 7) is 9.05. The fourth-order valence-electron chi connectivity index (χ4n) is 2.56. The SMILES string of the molecule is C=CC(=O)SCC1CSC(CCSCSCCC2SCC(CSC(=O)C(=C)C)S2)S1. The van der Waals surface area contributed by atoms with Gasteiger partial charge in [0.1, 0.15) is 0 Å². The molecule has 0 spiro atoms. The zero-order chi connectivity index (χ0) is 21.8. The first-order valence-corrected chi connectivity index (χ1v) is 18.1. The maximum atomic E-state index is 11.7. The molecule has 0 aromatic rings. The van der Waals surface area contributed by atoms with Gasteiger partial charge in [0.05, 0.1) is 9.16 Å². The third-order valence-electron chi connectivity index (χ3n) is 4.11. The molecule has 0 aliphatic carbocycles. The highest BCUT2D eigenvalue weighted by Gasteiger charge is 2.27. The second-order valence-electron chi connectivity index (χ2n) is 6.77. The predicted octanol–water partition coefficient (Wildman–Crippen LogP) is 6.82. The van der Waals surface area contributed by atoms with Gasteiger partial charge in [0.2, 0.25) is 10.2 Å². The van der Waals surface area contributed by atoms with Gasteiger partial charge in [-0.25, -0.2) is 0 Å². The molecule has 170 valence electrons.